The number of nitrogens with one attached hydrogen (secondary N) is 1. The number of rotatable bonds is 7. The molecule has 0 amide bonds. The van der Waals surface area contributed by atoms with E-state index in [0.29, 0.717) is 41.6 Å². The molecule has 0 saturated heterocycles. The highest BCUT2D eigenvalue weighted by Gasteiger charge is 2.21. The van der Waals surface area contributed by atoms with Crippen molar-refractivity contribution >= 4 is 26.8 Å². The predicted octanol–water partition coefficient (Wildman–Crippen LogP) is 3.95. The Balaban J connectivity index is 1.78. The lowest BCUT2D eigenvalue weighted by Gasteiger charge is -2.11. The Kier molecular flexibility index (Phi) is 5.62. The van der Waals surface area contributed by atoms with Gasteiger partial charge in [0.05, 0.1) is 17.2 Å². The topological polar surface area (TPSA) is 90.7 Å². The second-order valence-electron chi connectivity index (χ2n) is 7.37. The highest BCUT2D eigenvalue weighted by Crippen LogP contribution is 2.28. The smallest absolute Gasteiger partial charge is 0.261 e. The van der Waals surface area contributed by atoms with Crippen molar-refractivity contribution in [2.24, 2.45) is 0 Å². The molecule has 0 radical (unpaired) electrons. The van der Waals surface area contributed by atoms with Crippen molar-refractivity contribution < 1.29 is 22.3 Å². The summed E-state index contributed by atoms with van der Waals surface area (Å²) < 4.78 is 44.0. The summed E-state index contributed by atoms with van der Waals surface area (Å²) in [6.45, 7) is 6.87. The number of fused-ring (bicyclic) bond motifs is 1. The van der Waals surface area contributed by atoms with Crippen molar-refractivity contribution in [3.8, 4) is 5.75 Å². The first-order chi connectivity index (χ1) is 13.2. The number of sulfonamides is 1. The molecule has 0 unspecified atom stereocenters. The number of anilines is 1. The molecular formula is C20H24N2O5S. The van der Waals surface area contributed by atoms with Gasteiger partial charge in [0.1, 0.15) is 17.9 Å². The SMILES string of the molecule is COCCOc1ccc(S(=O)(=O)Nc2ccc3oc(C(C)(C)C)nc3c2)cc1. The highest BCUT2D eigenvalue weighted by atomic mass is 32.2. The Morgan fingerprint density at radius 1 is 1.07 bits per heavy atom. The lowest BCUT2D eigenvalue weighted by atomic mass is 9.97. The van der Waals surface area contributed by atoms with Gasteiger partial charge in [0, 0.05) is 12.5 Å². The molecule has 1 heterocycles. The average Bonchev–Trinajstić information content (AvgIpc) is 3.06. The molecule has 0 aliphatic heterocycles. The summed E-state index contributed by atoms with van der Waals surface area (Å²) in [5.41, 5.74) is 1.41. The van der Waals surface area contributed by atoms with E-state index in [1.165, 1.54) is 12.1 Å². The van der Waals surface area contributed by atoms with Crippen LogP contribution in [0.15, 0.2) is 51.8 Å². The predicted molar refractivity (Wildman–Crippen MR) is 107 cm³/mol. The third-order valence-electron chi connectivity index (χ3n) is 3.97. The van der Waals surface area contributed by atoms with Gasteiger partial charge in [0.25, 0.3) is 10.0 Å². The van der Waals surface area contributed by atoms with E-state index < -0.39 is 10.0 Å². The quantitative estimate of drug-likeness (QED) is 0.600. The summed E-state index contributed by atoms with van der Waals surface area (Å²) in [6.07, 6.45) is 0. The van der Waals surface area contributed by atoms with Crippen LogP contribution in [0.3, 0.4) is 0 Å². The molecule has 0 aliphatic rings. The molecule has 0 atom stereocenters. The lowest BCUT2D eigenvalue weighted by Crippen LogP contribution is -2.13. The number of benzene rings is 2. The number of aromatic nitrogens is 1. The standard InChI is InChI=1S/C20H24N2O5S/c1-20(2,3)19-21-17-13-14(5-10-18(17)27-19)22-28(23,24)16-8-6-15(7-9-16)26-12-11-25-4/h5-10,13,22H,11-12H2,1-4H3. The first-order valence-electron chi connectivity index (χ1n) is 8.85. The number of methoxy groups -OCH3 is 1. The van der Waals surface area contributed by atoms with E-state index in [4.69, 9.17) is 13.9 Å². The molecule has 0 fully saturated rings. The minimum absolute atomic E-state index is 0.141. The van der Waals surface area contributed by atoms with E-state index in [1.807, 2.05) is 20.8 Å². The van der Waals surface area contributed by atoms with Crippen LogP contribution < -0.4 is 9.46 Å². The summed E-state index contributed by atoms with van der Waals surface area (Å²) >= 11 is 0. The van der Waals surface area contributed by atoms with Gasteiger partial charge in [-0.05, 0) is 42.5 Å². The molecule has 3 aromatic rings. The summed E-state index contributed by atoms with van der Waals surface area (Å²) in [5, 5.41) is 0. The van der Waals surface area contributed by atoms with Crippen molar-refractivity contribution in [1.82, 2.24) is 4.98 Å². The molecule has 28 heavy (non-hydrogen) atoms. The normalized spacial score (nSPS) is 12.3. The van der Waals surface area contributed by atoms with E-state index >= 15 is 0 Å². The molecule has 0 saturated carbocycles. The fraction of sp³-hybridized carbons (Fsp3) is 0.350. The van der Waals surface area contributed by atoms with Crippen molar-refractivity contribution in [3.05, 3.63) is 48.4 Å². The van der Waals surface area contributed by atoms with Crippen molar-refractivity contribution in [3.63, 3.8) is 0 Å². The molecule has 7 nitrogen and oxygen atoms in total. The molecule has 3 rings (SSSR count). The Morgan fingerprint density at radius 2 is 1.79 bits per heavy atom. The van der Waals surface area contributed by atoms with E-state index in [9.17, 15) is 8.42 Å². The molecule has 0 aliphatic carbocycles. The first kappa shape index (κ1) is 20.2. The fourth-order valence-corrected chi connectivity index (χ4v) is 3.53. The molecule has 2 aromatic carbocycles. The van der Waals surface area contributed by atoms with E-state index in [1.54, 1.807) is 37.4 Å². The van der Waals surface area contributed by atoms with Gasteiger partial charge < -0.3 is 13.9 Å². The van der Waals surface area contributed by atoms with Crippen LogP contribution in [0, 0.1) is 0 Å². The Labute approximate surface area is 164 Å². The van der Waals surface area contributed by atoms with Crippen LogP contribution in [0.25, 0.3) is 11.1 Å². The lowest BCUT2D eigenvalue weighted by molar-refractivity contribution is 0.146. The van der Waals surface area contributed by atoms with Crippen LogP contribution in [-0.2, 0) is 20.2 Å². The van der Waals surface area contributed by atoms with Crippen molar-refractivity contribution in [2.45, 2.75) is 31.1 Å². The molecule has 1 aromatic heterocycles. The zero-order valence-electron chi connectivity index (χ0n) is 16.4. The molecule has 0 spiro atoms. The van der Waals surface area contributed by atoms with Gasteiger partial charge in [-0.15, -0.1) is 0 Å². The van der Waals surface area contributed by atoms with Crippen LogP contribution in [0.1, 0.15) is 26.7 Å². The average molecular weight is 404 g/mol. The van der Waals surface area contributed by atoms with Crippen LogP contribution in [-0.4, -0.2) is 33.7 Å². The molecule has 8 heteroatoms. The summed E-state index contributed by atoms with van der Waals surface area (Å²) in [7, 11) is -2.15. The van der Waals surface area contributed by atoms with E-state index in [-0.39, 0.29) is 10.3 Å². The maximum absolute atomic E-state index is 12.7. The molecule has 150 valence electrons. The maximum Gasteiger partial charge on any atom is 0.261 e. The van der Waals surface area contributed by atoms with Gasteiger partial charge in [0.15, 0.2) is 5.58 Å². The molecule has 0 bridgehead atoms. The highest BCUT2D eigenvalue weighted by molar-refractivity contribution is 7.92. The number of ether oxygens (including phenoxy) is 2. The largest absolute Gasteiger partial charge is 0.491 e. The first-order valence-corrected chi connectivity index (χ1v) is 10.3. The zero-order valence-corrected chi connectivity index (χ0v) is 17.2. The number of nitrogens with zero attached hydrogens (tertiary/aromatic N) is 1. The third-order valence-corrected chi connectivity index (χ3v) is 5.37. The van der Waals surface area contributed by atoms with Crippen LogP contribution >= 0.6 is 0 Å². The number of oxazole rings is 1. The van der Waals surface area contributed by atoms with E-state index in [2.05, 4.69) is 9.71 Å². The van der Waals surface area contributed by atoms with Crippen LogP contribution in [0.2, 0.25) is 0 Å². The second-order valence-corrected chi connectivity index (χ2v) is 9.05. The van der Waals surface area contributed by atoms with Crippen molar-refractivity contribution in [1.29, 1.82) is 0 Å². The Hall–Kier alpha value is -2.58. The van der Waals surface area contributed by atoms with Crippen molar-refractivity contribution in [2.75, 3.05) is 25.0 Å². The van der Waals surface area contributed by atoms with Crippen LogP contribution in [0.5, 0.6) is 5.75 Å². The summed E-state index contributed by atoms with van der Waals surface area (Å²) in [5.74, 6) is 1.18. The number of hydrogen-bond donors (Lipinski definition) is 1. The van der Waals surface area contributed by atoms with Gasteiger partial charge in [-0.3, -0.25) is 4.72 Å². The Morgan fingerprint density at radius 3 is 2.43 bits per heavy atom. The minimum Gasteiger partial charge on any atom is -0.491 e. The maximum atomic E-state index is 12.7. The monoisotopic (exact) mass is 404 g/mol. The van der Waals surface area contributed by atoms with E-state index in [0.717, 1.165) is 0 Å². The minimum atomic E-state index is -3.73. The van der Waals surface area contributed by atoms with Gasteiger partial charge in [-0.1, -0.05) is 20.8 Å². The third kappa shape index (κ3) is 4.63. The van der Waals surface area contributed by atoms with Crippen LogP contribution in [0.4, 0.5) is 5.69 Å². The zero-order chi connectivity index (χ0) is 20.4. The summed E-state index contributed by atoms with van der Waals surface area (Å²) in [6, 6.07) is 11.2. The Bertz CT molecular complexity index is 1050. The van der Waals surface area contributed by atoms with Gasteiger partial charge in [0.2, 0.25) is 5.89 Å². The van der Waals surface area contributed by atoms with Gasteiger partial charge in [-0.25, -0.2) is 13.4 Å². The second kappa shape index (κ2) is 7.81. The summed E-state index contributed by atoms with van der Waals surface area (Å²) in [4.78, 5) is 4.61. The fourth-order valence-electron chi connectivity index (χ4n) is 2.48. The van der Waals surface area contributed by atoms with Gasteiger partial charge in [-0.2, -0.15) is 0 Å². The molecule has 1 N–H and O–H groups in total. The molecular weight excluding hydrogens is 380 g/mol. The van der Waals surface area contributed by atoms with Gasteiger partial charge >= 0.3 is 0 Å². The number of hydrogen-bond acceptors (Lipinski definition) is 6.